The van der Waals surface area contributed by atoms with Gasteiger partial charge in [-0.25, -0.2) is 24.0 Å². The summed E-state index contributed by atoms with van der Waals surface area (Å²) >= 11 is 0. The average Bonchev–Trinajstić information content (AvgIpc) is 1.57. The number of rotatable bonds is 61. The molecule has 3 aliphatic heterocycles. The smallest absolute Gasteiger partial charge is 0.332 e. The van der Waals surface area contributed by atoms with E-state index >= 15 is 0 Å². The number of benzene rings is 2. The molecular formula is C128H218O16. The summed E-state index contributed by atoms with van der Waals surface area (Å²) in [5.41, 5.74) is 12.8. The minimum Gasteiger partial charge on any atom is -0.494 e. The van der Waals surface area contributed by atoms with Gasteiger partial charge in [-0.15, -0.1) is 6.42 Å². The second-order valence-corrected chi connectivity index (χ2v) is 44.6. The van der Waals surface area contributed by atoms with Gasteiger partial charge in [0, 0.05) is 37.5 Å². The molecule has 11 unspecified atom stereocenters. The highest BCUT2D eigenvalue weighted by atomic mass is 16.6. The quantitative estimate of drug-likeness (QED) is 0.0114. The third-order valence-corrected chi connectivity index (χ3v) is 26.4. The number of terminal acetylenes is 1. The number of ether oxygens (including phenoxy) is 10. The van der Waals surface area contributed by atoms with E-state index in [0.29, 0.717) is 54.2 Å². The van der Waals surface area contributed by atoms with Crippen molar-refractivity contribution < 1.29 is 76.8 Å². The number of esters is 5. The van der Waals surface area contributed by atoms with E-state index in [-0.39, 0.29) is 65.7 Å². The maximum atomic E-state index is 11.5. The highest BCUT2D eigenvalue weighted by molar-refractivity contribution is 5.85. The third kappa shape index (κ3) is 84.3. The van der Waals surface area contributed by atoms with Crippen LogP contribution in [0, 0.1) is 73.0 Å². The van der Waals surface area contributed by atoms with Crippen LogP contribution >= 0.6 is 0 Å². The molecule has 144 heavy (non-hydrogen) atoms. The molecule has 826 valence electrons. The van der Waals surface area contributed by atoms with Gasteiger partial charge in [0.25, 0.3) is 0 Å². The summed E-state index contributed by atoms with van der Waals surface area (Å²) < 4.78 is 52.2. The molecule has 0 spiro atoms. The number of carbonyl (C=O) groups excluding carboxylic acids is 5. The van der Waals surface area contributed by atoms with Gasteiger partial charge in [0.05, 0.1) is 74.8 Å². The van der Waals surface area contributed by atoms with Gasteiger partial charge in [-0.05, 0) is 347 Å². The van der Waals surface area contributed by atoms with E-state index in [2.05, 4.69) is 254 Å². The Morgan fingerprint density at radius 2 is 0.951 bits per heavy atom. The van der Waals surface area contributed by atoms with E-state index in [1.165, 1.54) is 177 Å². The van der Waals surface area contributed by atoms with E-state index in [1.807, 2.05) is 73.6 Å². The van der Waals surface area contributed by atoms with Crippen molar-refractivity contribution in [1.29, 1.82) is 0 Å². The Kier molecular flexibility index (Phi) is 82.4. The standard InChI is InChI=1S/C19H34O3.2C19H30O2.C19H32.C18H30O3.C17H30O2.C16H26O3.CH4.H2O/c1-15(2)22-18(20)14-17(4)11-8-10-16(3)12-9-13-19(5,6)21-7;1-5-16(9-12-18-19(4,6-2)21-18)13-14-20-17-10-7-15(3)8-11-17;1-7-18(6)21-19(20)14-17(5)13-9-12-16(4)11-8-10-15(2)3;1-16(9-7-15-19(3,4)5)8-6-10-18-13-11-17(2)12-14-18;1-6-15(11-8-12-16-18(3,4)21-16)10-7-9-14(2)13-17(19)20-5;1-6-19-17(18)13-16(5)12-8-11-15(4)10-7-9-14(2)3;1-12(8-6-10-15-14(3)19-15)7-5-9-13(2)11-16(17)18-4;;/h8,11,14-16H,9-10,12-13H2,1-7H3;7-8,10-11,16,18H,5-6,9,12-14H2,1-4H3;1,9,13-16,18H,8,10-12H2,2-6H3;11-14,16H,6-10,15H2,1-5H3;10,13,16H,6-9,11-12H2,1-5H3;8,12-15H,6-7,9-11H2,1-5H3;7,11,14-15H,5-6,8-10H2,1-4H3;1H4;1H2/b11-8+,17-14+;;13-9+,17-14+;;14-13+,15-10+;12-8+,16-13+;12-7+,13-11+;;. The van der Waals surface area contributed by atoms with Gasteiger partial charge < -0.3 is 52.8 Å². The minimum atomic E-state index is -0.480. The highest BCUT2D eigenvalue weighted by Crippen LogP contribution is 2.43. The number of aryl methyl sites for hydroxylation is 3. The lowest BCUT2D eigenvalue weighted by molar-refractivity contribution is -0.141. The van der Waals surface area contributed by atoms with Crippen LogP contribution in [-0.4, -0.2) is 123 Å². The maximum absolute atomic E-state index is 11.5. The fraction of sp³-hybridized carbons (Fsp3) is 0.695. The van der Waals surface area contributed by atoms with Crippen LogP contribution < -0.4 is 4.74 Å². The number of allylic oxidation sites excluding steroid dienone is 15. The Morgan fingerprint density at radius 1 is 0.500 bits per heavy atom. The molecule has 16 nitrogen and oxygen atoms in total. The Bertz CT molecular complexity index is 4060. The monoisotopic (exact) mass is 2010 g/mol. The number of carbonyl (C=O) groups is 5. The average molecular weight is 2010 g/mol. The van der Waals surface area contributed by atoms with Crippen LogP contribution in [0.2, 0.25) is 0 Å². The van der Waals surface area contributed by atoms with Gasteiger partial charge in [-0.2, -0.15) is 0 Å². The van der Waals surface area contributed by atoms with Crippen molar-refractivity contribution in [1.82, 2.24) is 0 Å². The lowest BCUT2D eigenvalue weighted by atomic mass is 9.87. The highest BCUT2D eigenvalue weighted by Gasteiger charge is 2.50. The molecule has 0 bridgehead atoms. The Morgan fingerprint density at radius 3 is 1.38 bits per heavy atom. The summed E-state index contributed by atoms with van der Waals surface area (Å²) in [6.07, 6.45) is 71.6. The van der Waals surface area contributed by atoms with Crippen molar-refractivity contribution in [2.24, 2.45) is 46.8 Å². The lowest BCUT2D eigenvalue weighted by Crippen LogP contribution is -2.22. The SMILES string of the molecule is C.C#CC(C)OC(=O)/C=C(C)/C=C/CC(C)CCCC(C)C.CC/C(=C\CC/C(C)=C/C(=O)OC)CCCC1OC1(C)C.CCC(CCOc1ccc(C)cc1)CCC1OC1(C)CC.CCOC(=O)/C=C(C)/C=C/CC(C)CCCC(C)C.COC(=O)/C=C(\C)CC/C=C(\C)CCCC1OC1C.COC(C)(C)CCCC(C)C/C=C/C(C)=C/C(=O)OC(C)C.Cc1ccc(CCCC(C)CCCC(C)(C)C)cc1.O. The van der Waals surface area contributed by atoms with Gasteiger partial charge >= 0.3 is 29.8 Å². The maximum Gasteiger partial charge on any atom is 0.332 e. The first-order valence-electron chi connectivity index (χ1n) is 55.0. The topological polar surface area (TPSA) is 219 Å². The van der Waals surface area contributed by atoms with E-state index < -0.39 is 6.10 Å². The van der Waals surface area contributed by atoms with Crippen LogP contribution in [0.5, 0.6) is 5.75 Å². The fourth-order valence-electron chi connectivity index (χ4n) is 16.0. The number of epoxide rings is 3. The summed E-state index contributed by atoms with van der Waals surface area (Å²) in [6.45, 7) is 69.5. The zero-order chi connectivity index (χ0) is 108. The molecule has 3 fully saturated rings. The molecule has 0 saturated carbocycles. The van der Waals surface area contributed by atoms with Crippen LogP contribution in [-0.2, 0) is 73.0 Å². The summed E-state index contributed by atoms with van der Waals surface area (Å²) in [6, 6.07) is 17.3. The van der Waals surface area contributed by atoms with Crippen LogP contribution in [0.3, 0.4) is 0 Å². The van der Waals surface area contributed by atoms with Crippen LogP contribution in [0.1, 0.15) is 444 Å². The van der Waals surface area contributed by atoms with Gasteiger partial charge in [-0.3, -0.25) is 0 Å². The van der Waals surface area contributed by atoms with Gasteiger partial charge in [-0.1, -0.05) is 306 Å². The van der Waals surface area contributed by atoms with Gasteiger partial charge in [0.15, 0.2) is 6.10 Å². The first kappa shape index (κ1) is 143. The van der Waals surface area contributed by atoms with Crippen LogP contribution in [0.4, 0.5) is 0 Å². The van der Waals surface area contributed by atoms with Crippen molar-refractivity contribution in [3.63, 3.8) is 0 Å². The van der Waals surface area contributed by atoms with Gasteiger partial charge in [0.1, 0.15) is 5.75 Å². The zero-order valence-electron chi connectivity index (χ0n) is 97.8. The molecule has 3 heterocycles. The molecule has 3 aliphatic rings. The molecule has 0 amide bonds. The summed E-state index contributed by atoms with van der Waals surface area (Å²) in [5, 5.41) is 0. The van der Waals surface area contributed by atoms with E-state index in [1.54, 1.807) is 38.3 Å². The third-order valence-electron chi connectivity index (χ3n) is 26.4. The summed E-state index contributed by atoms with van der Waals surface area (Å²) in [5.74, 6) is 7.17. The Hall–Kier alpha value is -7.65. The number of hydrogen-bond acceptors (Lipinski definition) is 15. The Balaban J connectivity index is -0.000000793. The first-order valence-corrected chi connectivity index (χ1v) is 55.0. The first-order chi connectivity index (χ1) is 66.8. The van der Waals surface area contributed by atoms with Crippen molar-refractivity contribution in [2.45, 2.75) is 501 Å². The van der Waals surface area contributed by atoms with Crippen molar-refractivity contribution in [2.75, 3.05) is 34.5 Å². The molecule has 5 rings (SSSR count). The summed E-state index contributed by atoms with van der Waals surface area (Å²) in [4.78, 5) is 56.3. The molecule has 3 saturated heterocycles. The fourth-order valence-corrected chi connectivity index (χ4v) is 16.0. The van der Waals surface area contributed by atoms with E-state index in [4.69, 9.17) is 44.3 Å². The molecule has 11 atom stereocenters. The largest absolute Gasteiger partial charge is 0.494 e. The molecule has 0 aromatic heterocycles. The van der Waals surface area contributed by atoms with Crippen molar-refractivity contribution >= 4 is 29.8 Å². The molecule has 2 N–H and O–H groups in total. The predicted molar refractivity (Wildman–Crippen MR) is 613 cm³/mol. The van der Waals surface area contributed by atoms with Gasteiger partial charge in [0.2, 0.25) is 0 Å². The molecule has 2 aromatic carbocycles. The zero-order valence-corrected chi connectivity index (χ0v) is 97.8. The number of hydrogen-bond donors (Lipinski definition) is 0. The Labute approximate surface area is 884 Å². The minimum absolute atomic E-state index is 0. The second-order valence-electron chi connectivity index (χ2n) is 44.6. The number of methoxy groups -OCH3 is 3. The van der Waals surface area contributed by atoms with Crippen molar-refractivity contribution in [3.05, 3.63) is 183 Å². The summed E-state index contributed by atoms with van der Waals surface area (Å²) in [7, 11) is 4.58. The predicted octanol–water partition coefficient (Wildman–Crippen LogP) is 34.4. The molecule has 16 heteroatoms. The molecule has 2 aromatic rings. The van der Waals surface area contributed by atoms with E-state index in [0.717, 1.165) is 154 Å². The van der Waals surface area contributed by atoms with E-state index in [9.17, 15) is 24.0 Å². The van der Waals surface area contributed by atoms with Crippen molar-refractivity contribution in [3.8, 4) is 18.1 Å². The molecular weight excluding hydrogens is 1790 g/mol. The molecule has 0 aliphatic carbocycles. The van der Waals surface area contributed by atoms with Crippen LogP contribution in [0.15, 0.2) is 167 Å². The molecule has 0 radical (unpaired) electrons. The second kappa shape index (κ2) is 83.2. The lowest BCUT2D eigenvalue weighted by Gasteiger charge is -2.23. The van der Waals surface area contributed by atoms with Crippen LogP contribution in [0.25, 0.3) is 0 Å². The normalized spacial score (nSPS) is 18.0.